The summed E-state index contributed by atoms with van der Waals surface area (Å²) in [7, 11) is 0. The van der Waals surface area contributed by atoms with E-state index in [1.165, 1.54) is 12.5 Å². The van der Waals surface area contributed by atoms with Crippen molar-refractivity contribution in [2.45, 2.75) is 20.8 Å². The molecule has 0 saturated heterocycles. The third-order valence-electron chi connectivity index (χ3n) is 2.30. The predicted octanol–water partition coefficient (Wildman–Crippen LogP) is 2.30. The molecule has 0 aromatic carbocycles. The van der Waals surface area contributed by atoms with Gasteiger partial charge in [-0.3, -0.25) is 9.59 Å². The van der Waals surface area contributed by atoms with Gasteiger partial charge in [-0.1, -0.05) is 13.8 Å². The van der Waals surface area contributed by atoms with Crippen molar-refractivity contribution in [3.05, 3.63) is 24.2 Å². The van der Waals surface area contributed by atoms with Crippen LogP contribution in [-0.4, -0.2) is 18.4 Å². The topological polar surface area (TPSA) is 56.5 Å². The molecule has 0 aliphatic carbocycles. The molecule has 1 atom stereocenters. The zero-order chi connectivity index (χ0) is 12.1. The van der Waals surface area contributed by atoms with Gasteiger partial charge in [-0.25, -0.2) is 0 Å². The van der Waals surface area contributed by atoms with E-state index < -0.39 is 11.9 Å². The first kappa shape index (κ1) is 12.5. The van der Waals surface area contributed by atoms with Crippen molar-refractivity contribution < 1.29 is 18.7 Å². The van der Waals surface area contributed by atoms with Gasteiger partial charge in [-0.05, 0) is 18.9 Å². The smallest absolute Gasteiger partial charge is 0.317 e. The summed E-state index contributed by atoms with van der Waals surface area (Å²) in [5.41, 5.74) is 0.409. The molecule has 0 spiro atoms. The number of carbonyl (C=O) groups is 2. The third-order valence-corrected chi connectivity index (χ3v) is 2.30. The van der Waals surface area contributed by atoms with Crippen LogP contribution in [0.1, 0.15) is 31.1 Å². The van der Waals surface area contributed by atoms with Crippen LogP contribution in [0.2, 0.25) is 0 Å². The minimum absolute atomic E-state index is 0.0959. The van der Waals surface area contributed by atoms with Crippen LogP contribution in [0, 0.1) is 11.8 Å². The van der Waals surface area contributed by atoms with Crippen molar-refractivity contribution >= 4 is 11.8 Å². The van der Waals surface area contributed by atoms with Crippen molar-refractivity contribution in [2.24, 2.45) is 11.8 Å². The fraction of sp³-hybridized carbons (Fsp3) is 0.500. The monoisotopic (exact) mass is 224 g/mol. The molecule has 0 aliphatic rings. The number of hydrogen-bond donors (Lipinski definition) is 0. The average molecular weight is 224 g/mol. The molecule has 1 unspecified atom stereocenters. The van der Waals surface area contributed by atoms with Crippen molar-refractivity contribution in [3.8, 4) is 0 Å². The number of rotatable bonds is 5. The zero-order valence-corrected chi connectivity index (χ0v) is 9.73. The molecule has 0 amide bonds. The Labute approximate surface area is 94.6 Å². The summed E-state index contributed by atoms with van der Waals surface area (Å²) in [4.78, 5) is 23.7. The highest BCUT2D eigenvalue weighted by Gasteiger charge is 2.32. The van der Waals surface area contributed by atoms with Crippen LogP contribution in [0.5, 0.6) is 0 Å². The normalized spacial score (nSPS) is 12.5. The Morgan fingerprint density at radius 3 is 2.56 bits per heavy atom. The molecule has 0 aliphatic heterocycles. The Kier molecular flexibility index (Phi) is 4.28. The van der Waals surface area contributed by atoms with Gasteiger partial charge < -0.3 is 9.15 Å². The Balaban J connectivity index is 2.86. The molecule has 88 valence electrons. The third kappa shape index (κ3) is 2.72. The first-order chi connectivity index (χ1) is 7.57. The van der Waals surface area contributed by atoms with Crippen LogP contribution in [0.3, 0.4) is 0 Å². The fourth-order valence-corrected chi connectivity index (χ4v) is 1.50. The molecule has 0 radical (unpaired) electrons. The molecular weight excluding hydrogens is 208 g/mol. The lowest BCUT2D eigenvalue weighted by Crippen LogP contribution is -2.30. The highest BCUT2D eigenvalue weighted by molar-refractivity contribution is 6.08. The second kappa shape index (κ2) is 5.49. The number of carbonyl (C=O) groups excluding carboxylic acids is 2. The van der Waals surface area contributed by atoms with Gasteiger partial charge in [0.05, 0.1) is 18.4 Å². The van der Waals surface area contributed by atoms with Crippen LogP contribution < -0.4 is 0 Å². The quantitative estimate of drug-likeness (QED) is 0.437. The largest absolute Gasteiger partial charge is 0.472 e. The van der Waals surface area contributed by atoms with Gasteiger partial charge in [-0.15, -0.1) is 0 Å². The number of hydrogen-bond acceptors (Lipinski definition) is 4. The van der Waals surface area contributed by atoms with E-state index in [0.717, 1.165) is 0 Å². The maximum atomic E-state index is 12.0. The second-order valence-corrected chi connectivity index (χ2v) is 3.85. The Morgan fingerprint density at radius 2 is 2.12 bits per heavy atom. The van der Waals surface area contributed by atoms with E-state index >= 15 is 0 Å². The van der Waals surface area contributed by atoms with Gasteiger partial charge in [0, 0.05) is 0 Å². The van der Waals surface area contributed by atoms with Gasteiger partial charge in [0.1, 0.15) is 12.2 Å². The lowest BCUT2D eigenvalue weighted by atomic mass is 9.89. The minimum Gasteiger partial charge on any atom is -0.472 e. The SMILES string of the molecule is CCOC(=O)C(C(=O)c1ccoc1)C(C)C. The number of Topliss-reactive ketones (excluding diaryl/α,β-unsaturated/α-hetero) is 1. The molecule has 1 rings (SSSR count). The summed E-state index contributed by atoms with van der Waals surface area (Å²) in [6.45, 7) is 5.64. The van der Waals surface area contributed by atoms with Crippen LogP contribution in [0.25, 0.3) is 0 Å². The summed E-state index contributed by atoms with van der Waals surface area (Å²) in [5, 5.41) is 0. The first-order valence-electron chi connectivity index (χ1n) is 5.31. The standard InChI is InChI=1S/C12H16O4/c1-4-16-12(14)10(8(2)3)11(13)9-5-6-15-7-9/h5-8,10H,4H2,1-3H3. The maximum absolute atomic E-state index is 12.0. The van der Waals surface area contributed by atoms with E-state index in [0.29, 0.717) is 5.56 Å². The molecule has 1 heterocycles. The van der Waals surface area contributed by atoms with Crippen LogP contribution >= 0.6 is 0 Å². The number of esters is 1. The van der Waals surface area contributed by atoms with E-state index in [2.05, 4.69) is 0 Å². The maximum Gasteiger partial charge on any atom is 0.317 e. The molecule has 0 fully saturated rings. The summed E-state index contributed by atoms with van der Waals surface area (Å²) in [6, 6.07) is 1.55. The molecule has 0 saturated carbocycles. The van der Waals surface area contributed by atoms with Gasteiger partial charge in [0.25, 0.3) is 0 Å². The highest BCUT2D eigenvalue weighted by atomic mass is 16.5. The summed E-state index contributed by atoms with van der Waals surface area (Å²) in [5.74, 6) is -1.56. The van der Waals surface area contributed by atoms with Gasteiger partial charge in [0.2, 0.25) is 0 Å². The van der Waals surface area contributed by atoms with Crippen molar-refractivity contribution in [3.63, 3.8) is 0 Å². The molecule has 4 heteroatoms. The van der Waals surface area contributed by atoms with E-state index in [1.54, 1.807) is 13.0 Å². The van der Waals surface area contributed by atoms with E-state index in [-0.39, 0.29) is 18.3 Å². The molecule has 0 N–H and O–H groups in total. The Morgan fingerprint density at radius 1 is 1.44 bits per heavy atom. The average Bonchev–Trinajstić information content (AvgIpc) is 2.70. The molecular formula is C12H16O4. The molecule has 1 aromatic rings. The van der Waals surface area contributed by atoms with Gasteiger partial charge in [0.15, 0.2) is 5.78 Å². The zero-order valence-electron chi connectivity index (χ0n) is 9.73. The fourth-order valence-electron chi connectivity index (χ4n) is 1.50. The lowest BCUT2D eigenvalue weighted by molar-refractivity contribution is -0.147. The minimum atomic E-state index is -0.752. The second-order valence-electron chi connectivity index (χ2n) is 3.85. The van der Waals surface area contributed by atoms with Crippen LogP contribution in [0.4, 0.5) is 0 Å². The molecule has 16 heavy (non-hydrogen) atoms. The number of ketones is 1. The van der Waals surface area contributed by atoms with Gasteiger partial charge >= 0.3 is 5.97 Å². The molecule has 0 bridgehead atoms. The van der Waals surface area contributed by atoms with Crippen molar-refractivity contribution in [1.82, 2.24) is 0 Å². The summed E-state index contributed by atoms with van der Waals surface area (Å²) in [6.07, 6.45) is 2.76. The van der Waals surface area contributed by atoms with Gasteiger partial charge in [-0.2, -0.15) is 0 Å². The van der Waals surface area contributed by atoms with E-state index in [9.17, 15) is 9.59 Å². The van der Waals surface area contributed by atoms with Crippen LogP contribution in [-0.2, 0) is 9.53 Å². The van der Waals surface area contributed by atoms with Crippen molar-refractivity contribution in [2.75, 3.05) is 6.61 Å². The van der Waals surface area contributed by atoms with E-state index in [4.69, 9.17) is 9.15 Å². The van der Waals surface area contributed by atoms with E-state index in [1.807, 2.05) is 13.8 Å². The highest BCUT2D eigenvalue weighted by Crippen LogP contribution is 2.19. The molecule has 4 nitrogen and oxygen atoms in total. The predicted molar refractivity (Wildman–Crippen MR) is 58.0 cm³/mol. The van der Waals surface area contributed by atoms with Crippen LogP contribution in [0.15, 0.2) is 23.0 Å². The molecule has 1 aromatic heterocycles. The summed E-state index contributed by atoms with van der Waals surface area (Å²) < 4.78 is 9.73. The number of ether oxygens (including phenoxy) is 1. The Bertz CT molecular complexity index is 351. The summed E-state index contributed by atoms with van der Waals surface area (Å²) >= 11 is 0. The lowest BCUT2D eigenvalue weighted by Gasteiger charge is -2.16. The van der Waals surface area contributed by atoms with Crippen molar-refractivity contribution in [1.29, 1.82) is 0 Å². The Hall–Kier alpha value is -1.58. The number of furan rings is 1. The first-order valence-corrected chi connectivity index (χ1v) is 5.31.